The maximum Gasteiger partial charge on any atom is 0.0638 e. The van der Waals surface area contributed by atoms with Crippen LogP contribution in [0.15, 0.2) is 0 Å². The van der Waals surface area contributed by atoms with E-state index in [-0.39, 0.29) is 0 Å². The molecule has 2 atom stereocenters. The smallest absolute Gasteiger partial charge is 0.0638 e. The molecule has 1 fully saturated rings. The van der Waals surface area contributed by atoms with Crippen molar-refractivity contribution in [3.05, 3.63) is 0 Å². The third-order valence-corrected chi connectivity index (χ3v) is 3.83. The lowest BCUT2D eigenvalue weighted by Gasteiger charge is -2.51. The lowest BCUT2D eigenvalue weighted by molar-refractivity contribution is -0.102. The normalized spacial score (nSPS) is 37.4. The molecule has 1 aliphatic rings. The zero-order valence-corrected chi connectivity index (χ0v) is 8.53. The largest absolute Gasteiger partial charge is 0.381 e. The van der Waals surface area contributed by atoms with E-state index >= 15 is 0 Å². The standard InChI is InChI=1S/C9H18OS/c1-7(2)9(6-11)5-4-8(9)10-3/h7-8,11H,4-6H2,1-3H3. The van der Waals surface area contributed by atoms with E-state index in [1.807, 2.05) is 7.11 Å². The van der Waals surface area contributed by atoms with Gasteiger partial charge in [-0.15, -0.1) is 0 Å². The van der Waals surface area contributed by atoms with Crippen molar-refractivity contribution in [3.63, 3.8) is 0 Å². The van der Waals surface area contributed by atoms with Gasteiger partial charge in [-0.1, -0.05) is 13.8 Å². The van der Waals surface area contributed by atoms with Crippen LogP contribution in [0, 0.1) is 11.3 Å². The van der Waals surface area contributed by atoms with Crippen molar-refractivity contribution >= 4 is 12.6 Å². The second kappa shape index (κ2) is 3.36. The lowest BCUT2D eigenvalue weighted by Crippen LogP contribution is -2.51. The van der Waals surface area contributed by atoms with Gasteiger partial charge in [-0.25, -0.2) is 0 Å². The van der Waals surface area contributed by atoms with Crippen molar-refractivity contribution in [1.29, 1.82) is 0 Å². The summed E-state index contributed by atoms with van der Waals surface area (Å²) in [6.45, 7) is 4.53. The van der Waals surface area contributed by atoms with Gasteiger partial charge in [0.1, 0.15) is 0 Å². The summed E-state index contributed by atoms with van der Waals surface area (Å²) in [6, 6.07) is 0. The Bertz CT molecular complexity index is 130. The van der Waals surface area contributed by atoms with Gasteiger partial charge in [-0.3, -0.25) is 0 Å². The Morgan fingerprint density at radius 3 is 2.36 bits per heavy atom. The zero-order valence-electron chi connectivity index (χ0n) is 7.63. The van der Waals surface area contributed by atoms with Crippen LogP contribution in [-0.4, -0.2) is 19.0 Å². The maximum atomic E-state index is 5.41. The van der Waals surface area contributed by atoms with E-state index in [0.29, 0.717) is 17.4 Å². The Morgan fingerprint density at radius 2 is 2.27 bits per heavy atom. The van der Waals surface area contributed by atoms with Crippen LogP contribution in [0.5, 0.6) is 0 Å². The van der Waals surface area contributed by atoms with E-state index in [0.717, 1.165) is 5.75 Å². The Balaban J connectivity index is 2.61. The van der Waals surface area contributed by atoms with Crippen molar-refractivity contribution < 1.29 is 4.74 Å². The summed E-state index contributed by atoms with van der Waals surface area (Å²) in [7, 11) is 1.81. The minimum atomic E-state index is 0.373. The number of ether oxygens (including phenoxy) is 1. The van der Waals surface area contributed by atoms with Gasteiger partial charge in [-0.2, -0.15) is 12.6 Å². The van der Waals surface area contributed by atoms with Crippen LogP contribution in [0.25, 0.3) is 0 Å². The van der Waals surface area contributed by atoms with Crippen molar-refractivity contribution in [2.24, 2.45) is 11.3 Å². The summed E-state index contributed by atoms with van der Waals surface area (Å²) in [5.74, 6) is 1.65. The van der Waals surface area contributed by atoms with E-state index in [2.05, 4.69) is 26.5 Å². The lowest BCUT2D eigenvalue weighted by atomic mass is 9.61. The molecule has 0 spiro atoms. The molecule has 0 aromatic carbocycles. The molecule has 0 aromatic heterocycles. The molecule has 0 radical (unpaired) electrons. The molecule has 1 nitrogen and oxygen atoms in total. The molecule has 0 saturated heterocycles. The van der Waals surface area contributed by atoms with Crippen LogP contribution in [-0.2, 0) is 4.74 Å². The number of hydrogen-bond donors (Lipinski definition) is 1. The molecular weight excluding hydrogens is 156 g/mol. The minimum absolute atomic E-state index is 0.373. The summed E-state index contributed by atoms with van der Waals surface area (Å²) in [5.41, 5.74) is 0.373. The van der Waals surface area contributed by atoms with E-state index in [1.54, 1.807) is 0 Å². The maximum absolute atomic E-state index is 5.41. The number of hydrogen-bond acceptors (Lipinski definition) is 2. The second-order valence-corrected chi connectivity index (χ2v) is 4.13. The van der Waals surface area contributed by atoms with Crippen LogP contribution in [0.2, 0.25) is 0 Å². The molecule has 0 amide bonds. The number of methoxy groups -OCH3 is 1. The van der Waals surface area contributed by atoms with Crippen molar-refractivity contribution in [1.82, 2.24) is 0 Å². The first-order valence-electron chi connectivity index (χ1n) is 4.31. The van der Waals surface area contributed by atoms with Crippen LogP contribution in [0.4, 0.5) is 0 Å². The summed E-state index contributed by atoms with van der Waals surface area (Å²) in [5, 5.41) is 0. The molecule has 0 aliphatic heterocycles. The van der Waals surface area contributed by atoms with Crippen LogP contribution < -0.4 is 0 Å². The van der Waals surface area contributed by atoms with Gasteiger partial charge in [0, 0.05) is 12.5 Å². The first kappa shape index (κ1) is 9.40. The molecule has 0 heterocycles. The molecular formula is C9H18OS. The molecule has 11 heavy (non-hydrogen) atoms. The van der Waals surface area contributed by atoms with Gasteiger partial charge in [0.05, 0.1) is 6.10 Å². The highest BCUT2D eigenvalue weighted by molar-refractivity contribution is 7.80. The molecule has 2 heteroatoms. The van der Waals surface area contributed by atoms with E-state index in [1.165, 1.54) is 12.8 Å². The first-order valence-corrected chi connectivity index (χ1v) is 4.94. The summed E-state index contributed by atoms with van der Waals surface area (Å²) in [6.07, 6.45) is 2.96. The third kappa shape index (κ3) is 1.31. The van der Waals surface area contributed by atoms with Crippen molar-refractivity contribution in [3.8, 4) is 0 Å². The molecule has 1 saturated carbocycles. The fraction of sp³-hybridized carbons (Fsp3) is 1.00. The third-order valence-electron chi connectivity index (χ3n) is 3.24. The molecule has 0 aromatic rings. The molecule has 2 unspecified atom stereocenters. The SMILES string of the molecule is COC1CCC1(CS)C(C)C. The Morgan fingerprint density at radius 1 is 1.64 bits per heavy atom. The Labute approximate surface area is 74.9 Å². The molecule has 0 N–H and O–H groups in total. The Hall–Kier alpha value is 0.310. The highest BCUT2D eigenvalue weighted by Gasteiger charge is 2.48. The van der Waals surface area contributed by atoms with Crippen LogP contribution in [0.3, 0.4) is 0 Å². The topological polar surface area (TPSA) is 9.23 Å². The summed E-state index contributed by atoms with van der Waals surface area (Å²) < 4.78 is 5.41. The Kier molecular flexibility index (Phi) is 2.87. The number of thiol groups is 1. The van der Waals surface area contributed by atoms with Gasteiger partial charge < -0.3 is 4.74 Å². The average molecular weight is 174 g/mol. The average Bonchev–Trinajstić information content (AvgIpc) is 1.87. The van der Waals surface area contributed by atoms with Crippen molar-refractivity contribution in [2.75, 3.05) is 12.9 Å². The summed E-state index contributed by atoms with van der Waals surface area (Å²) in [4.78, 5) is 0. The van der Waals surface area contributed by atoms with Gasteiger partial charge in [0.15, 0.2) is 0 Å². The minimum Gasteiger partial charge on any atom is -0.381 e. The zero-order chi connectivity index (χ0) is 8.48. The van der Waals surface area contributed by atoms with Gasteiger partial charge >= 0.3 is 0 Å². The van der Waals surface area contributed by atoms with Crippen molar-refractivity contribution in [2.45, 2.75) is 32.8 Å². The van der Waals surface area contributed by atoms with Gasteiger partial charge in [0.2, 0.25) is 0 Å². The van der Waals surface area contributed by atoms with Crippen LogP contribution >= 0.6 is 12.6 Å². The highest BCUT2D eigenvalue weighted by Crippen LogP contribution is 2.49. The molecule has 1 rings (SSSR count). The quantitative estimate of drug-likeness (QED) is 0.646. The highest BCUT2D eigenvalue weighted by atomic mass is 32.1. The van der Waals surface area contributed by atoms with Gasteiger partial charge in [-0.05, 0) is 24.5 Å². The summed E-state index contributed by atoms with van der Waals surface area (Å²) >= 11 is 4.41. The van der Waals surface area contributed by atoms with E-state index in [4.69, 9.17) is 4.74 Å². The first-order chi connectivity index (χ1) is 5.17. The van der Waals surface area contributed by atoms with E-state index in [9.17, 15) is 0 Å². The van der Waals surface area contributed by atoms with Gasteiger partial charge in [0.25, 0.3) is 0 Å². The second-order valence-electron chi connectivity index (χ2n) is 3.81. The molecule has 0 bridgehead atoms. The molecule has 1 aliphatic carbocycles. The fourth-order valence-corrected chi connectivity index (χ4v) is 2.74. The number of rotatable bonds is 3. The predicted octanol–water partition coefficient (Wildman–Crippen LogP) is 2.37. The fourth-order valence-electron chi connectivity index (χ4n) is 2.01. The molecule has 66 valence electrons. The predicted molar refractivity (Wildman–Crippen MR) is 51.2 cm³/mol. The van der Waals surface area contributed by atoms with E-state index < -0.39 is 0 Å². The van der Waals surface area contributed by atoms with Crippen LogP contribution in [0.1, 0.15) is 26.7 Å². The monoisotopic (exact) mass is 174 g/mol.